The van der Waals surface area contributed by atoms with Crippen LogP contribution in [0.25, 0.3) is 5.65 Å². The van der Waals surface area contributed by atoms with Gasteiger partial charge in [-0.2, -0.15) is 5.10 Å². The van der Waals surface area contributed by atoms with Crippen molar-refractivity contribution in [3.05, 3.63) is 24.5 Å². The molecule has 1 aliphatic carbocycles. The summed E-state index contributed by atoms with van der Waals surface area (Å²) in [5.74, 6) is 0.916. The zero-order valence-corrected chi connectivity index (χ0v) is 10.9. The van der Waals surface area contributed by atoms with E-state index >= 15 is 0 Å². The molecule has 1 fully saturated rings. The number of rotatable bonds is 5. The summed E-state index contributed by atoms with van der Waals surface area (Å²) in [6, 6.07) is 5.20. The van der Waals surface area contributed by atoms with E-state index in [0.717, 1.165) is 24.1 Å². The van der Waals surface area contributed by atoms with E-state index in [0.29, 0.717) is 6.04 Å². The molecule has 96 valence electrons. The van der Waals surface area contributed by atoms with Crippen LogP contribution >= 0.6 is 0 Å². The van der Waals surface area contributed by atoms with Gasteiger partial charge < -0.3 is 5.32 Å². The van der Waals surface area contributed by atoms with Crippen molar-refractivity contribution in [2.45, 2.75) is 31.8 Å². The molecule has 0 radical (unpaired) electrons. The molecule has 0 aromatic carbocycles. The molecule has 3 rings (SSSR count). The number of likely N-dealkylation sites (N-methyl/N-ethyl adjacent to an activating group) is 1. The fourth-order valence-electron chi connectivity index (χ4n) is 2.15. The molecular weight excluding hydrogens is 226 g/mol. The van der Waals surface area contributed by atoms with Gasteiger partial charge in [-0.3, -0.25) is 4.90 Å². The summed E-state index contributed by atoms with van der Waals surface area (Å²) < 4.78 is 1.77. The molecule has 1 unspecified atom stereocenters. The first-order valence-electron chi connectivity index (χ1n) is 6.50. The van der Waals surface area contributed by atoms with E-state index in [9.17, 15) is 0 Å². The first-order chi connectivity index (χ1) is 8.74. The molecule has 0 spiro atoms. The Morgan fingerprint density at radius 1 is 1.50 bits per heavy atom. The highest BCUT2D eigenvalue weighted by atomic mass is 15.2. The lowest BCUT2D eigenvalue weighted by Crippen LogP contribution is -2.36. The fourth-order valence-corrected chi connectivity index (χ4v) is 2.15. The number of nitrogens with zero attached hydrogens (tertiary/aromatic N) is 4. The Bertz CT molecular complexity index is 531. The first kappa shape index (κ1) is 11.5. The molecule has 0 bridgehead atoms. The van der Waals surface area contributed by atoms with Gasteiger partial charge in [0.2, 0.25) is 0 Å². The Hall–Kier alpha value is -1.62. The van der Waals surface area contributed by atoms with Gasteiger partial charge in [0.1, 0.15) is 5.82 Å². The van der Waals surface area contributed by atoms with Crippen LogP contribution in [0.5, 0.6) is 0 Å². The van der Waals surface area contributed by atoms with Crippen LogP contribution in [0.3, 0.4) is 0 Å². The minimum atomic E-state index is 0.528. The zero-order valence-electron chi connectivity index (χ0n) is 10.9. The molecule has 1 N–H and O–H groups in total. The summed E-state index contributed by atoms with van der Waals surface area (Å²) >= 11 is 0. The van der Waals surface area contributed by atoms with Crippen molar-refractivity contribution in [2.75, 3.05) is 18.9 Å². The lowest BCUT2D eigenvalue weighted by Gasteiger charge is -2.24. The number of aromatic nitrogens is 3. The molecule has 2 aromatic rings. The van der Waals surface area contributed by atoms with Crippen molar-refractivity contribution >= 4 is 11.5 Å². The van der Waals surface area contributed by atoms with E-state index in [1.165, 1.54) is 12.8 Å². The normalized spacial score (nSPS) is 17.3. The van der Waals surface area contributed by atoms with Crippen molar-refractivity contribution in [1.29, 1.82) is 0 Å². The fraction of sp³-hybridized carbons (Fsp3) is 0.538. The van der Waals surface area contributed by atoms with Gasteiger partial charge in [-0.1, -0.05) is 0 Å². The van der Waals surface area contributed by atoms with Crippen LogP contribution in [-0.4, -0.2) is 45.2 Å². The summed E-state index contributed by atoms with van der Waals surface area (Å²) in [6.07, 6.45) is 6.39. The first-order valence-corrected chi connectivity index (χ1v) is 6.50. The van der Waals surface area contributed by atoms with Crippen LogP contribution in [0.4, 0.5) is 5.82 Å². The molecule has 18 heavy (non-hydrogen) atoms. The van der Waals surface area contributed by atoms with E-state index in [2.05, 4.69) is 34.3 Å². The molecule has 1 saturated carbocycles. The maximum Gasteiger partial charge on any atom is 0.157 e. The number of fused-ring (bicyclic) bond motifs is 1. The van der Waals surface area contributed by atoms with Gasteiger partial charge in [0.25, 0.3) is 0 Å². The van der Waals surface area contributed by atoms with Crippen LogP contribution in [0.15, 0.2) is 24.5 Å². The van der Waals surface area contributed by atoms with Gasteiger partial charge >= 0.3 is 0 Å². The number of hydrogen-bond donors (Lipinski definition) is 1. The van der Waals surface area contributed by atoms with Crippen LogP contribution in [0.2, 0.25) is 0 Å². The van der Waals surface area contributed by atoms with E-state index < -0.39 is 0 Å². The lowest BCUT2D eigenvalue weighted by atomic mass is 10.3. The van der Waals surface area contributed by atoms with Gasteiger partial charge in [0.05, 0.1) is 6.20 Å². The second-order valence-corrected chi connectivity index (χ2v) is 5.07. The highest BCUT2D eigenvalue weighted by Crippen LogP contribution is 2.26. The molecule has 1 atom stereocenters. The van der Waals surface area contributed by atoms with Crippen molar-refractivity contribution in [1.82, 2.24) is 19.5 Å². The summed E-state index contributed by atoms with van der Waals surface area (Å²) in [4.78, 5) is 6.95. The predicted octanol–water partition coefficient (Wildman–Crippen LogP) is 1.62. The molecule has 1 aliphatic rings. The average molecular weight is 245 g/mol. The van der Waals surface area contributed by atoms with Crippen molar-refractivity contribution in [2.24, 2.45) is 0 Å². The van der Waals surface area contributed by atoms with Crippen molar-refractivity contribution < 1.29 is 0 Å². The summed E-state index contributed by atoms with van der Waals surface area (Å²) in [5, 5.41) is 7.53. The standard InChI is InChI=1S/C13H19N5/c1-10(17(2)11-3-4-11)9-14-12-6-8-18-13(16-12)5-7-15-18/h5-8,10-11H,3-4,9H2,1-2H3,(H,14,16). The monoisotopic (exact) mass is 245 g/mol. The van der Waals surface area contributed by atoms with E-state index in [-0.39, 0.29) is 0 Å². The van der Waals surface area contributed by atoms with Gasteiger partial charge in [0.15, 0.2) is 5.65 Å². The Morgan fingerprint density at radius 3 is 3.11 bits per heavy atom. The molecule has 0 amide bonds. The predicted molar refractivity (Wildman–Crippen MR) is 71.7 cm³/mol. The summed E-state index contributed by atoms with van der Waals surface area (Å²) in [5.41, 5.74) is 0.878. The van der Waals surface area contributed by atoms with Gasteiger partial charge in [-0.15, -0.1) is 0 Å². The van der Waals surface area contributed by atoms with Crippen LogP contribution in [-0.2, 0) is 0 Å². The van der Waals surface area contributed by atoms with E-state index in [1.807, 2.05) is 18.3 Å². The Morgan fingerprint density at radius 2 is 2.33 bits per heavy atom. The van der Waals surface area contributed by atoms with Crippen LogP contribution in [0.1, 0.15) is 19.8 Å². The Labute approximate surface area is 107 Å². The second kappa shape index (κ2) is 4.57. The third-order valence-corrected chi connectivity index (χ3v) is 3.65. The zero-order chi connectivity index (χ0) is 12.5. The Balaban J connectivity index is 1.61. The maximum atomic E-state index is 4.50. The van der Waals surface area contributed by atoms with E-state index in [1.54, 1.807) is 10.7 Å². The number of anilines is 1. The molecule has 0 aliphatic heterocycles. The molecule has 2 aromatic heterocycles. The third kappa shape index (κ3) is 2.31. The van der Waals surface area contributed by atoms with Crippen molar-refractivity contribution in [3.63, 3.8) is 0 Å². The lowest BCUT2D eigenvalue weighted by molar-refractivity contribution is 0.257. The smallest absolute Gasteiger partial charge is 0.157 e. The van der Waals surface area contributed by atoms with Gasteiger partial charge in [-0.05, 0) is 32.9 Å². The van der Waals surface area contributed by atoms with E-state index in [4.69, 9.17) is 0 Å². The quantitative estimate of drug-likeness (QED) is 0.869. The SMILES string of the molecule is CC(CNc1ccn2nccc2n1)N(C)C1CC1. The highest BCUT2D eigenvalue weighted by molar-refractivity contribution is 5.45. The minimum absolute atomic E-state index is 0.528. The van der Waals surface area contributed by atoms with Crippen LogP contribution in [0, 0.1) is 0 Å². The highest BCUT2D eigenvalue weighted by Gasteiger charge is 2.28. The molecule has 2 heterocycles. The maximum absolute atomic E-state index is 4.50. The topological polar surface area (TPSA) is 45.5 Å². The molecule has 5 heteroatoms. The molecule has 0 saturated heterocycles. The van der Waals surface area contributed by atoms with Gasteiger partial charge in [-0.25, -0.2) is 9.50 Å². The number of nitrogens with one attached hydrogen (secondary N) is 1. The largest absolute Gasteiger partial charge is 0.368 e. The minimum Gasteiger partial charge on any atom is -0.368 e. The third-order valence-electron chi connectivity index (χ3n) is 3.65. The second-order valence-electron chi connectivity index (χ2n) is 5.07. The number of hydrogen-bond acceptors (Lipinski definition) is 4. The summed E-state index contributed by atoms with van der Waals surface area (Å²) in [7, 11) is 2.21. The summed E-state index contributed by atoms with van der Waals surface area (Å²) in [6.45, 7) is 3.17. The molecular formula is C13H19N5. The molecule has 5 nitrogen and oxygen atoms in total. The average Bonchev–Trinajstić information content (AvgIpc) is 3.13. The van der Waals surface area contributed by atoms with Crippen molar-refractivity contribution in [3.8, 4) is 0 Å². The van der Waals surface area contributed by atoms with Gasteiger partial charge in [0, 0.05) is 30.9 Å². The van der Waals surface area contributed by atoms with Crippen LogP contribution < -0.4 is 5.32 Å². The Kier molecular flexibility index (Phi) is 2.91.